The first-order valence-electron chi connectivity index (χ1n) is 4.24. The van der Waals surface area contributed by atoms with Gasteiger partial charge in [0.25, 0.3) is 0 Å². The smallest absolute Gasteiger partial charge is 0.216 e. The van der Waals surface area contributed by atoms with Gasteiger partial charge in [0.15, 0.2) is 0 Å². The van der Waals surface area contributed by atoms with E-state index in [4.69, 9.17) is 0 Å². The lowest BCUT2D eigenvalue weighted by Gasteiger charge is -2.22. The molecule has 1 aliphatic rings. The topological polar surface area (TPSA) is 41.1 Å². The van der Waals surface area contributed by atoms with E-state index in [2.05, 4.69) is 10.6 Å². The summed E-state index contributed by atoms with van der Waals surface area (Å²) in [5.74, 6) is 0.781. The van der Waals surface area contributed by atoms with Crippen molar-refractivity contribution in [2.24, 2.45) is 5.92 Å². The third kappa shape index (κ3) is 4.72. The van der Waals surface area contributed by atoms with Gasteiger partial charge in [-0.15, -0.1) is 17.0 Å². The summed E-state index contributed by atoms with van der Waals surface area (Å²) >= 11 is 0. The number of piperidine rings is 1. The van der Waals surface area contributed by atoms with Crippen molar-refractivity contribution in [1.82, 2.24) is 10.6 Å². The van der Waals surface area contributed by atoms with Gasteiger partial charge in [0.05, 0.1) is 0 Å². The summed E-state index contributed by atoms with van der Waals surface area (Å²) in [7, 11) is 0. The van der Waals surface area contributed by atoms with Gasteiger partial charge in [-0.25, -0.2) is 0 Å². The van der Waals surface area contributed by atoms with Crippen molar-refractivity contribution in [2.45, 2.75) is 19.8 Å². The minimum atomic E-state index is 0. The molecule has 0 aromatic rings. The molecule has 12 heavy (non-hydrogen) atoms. The van der Waals surface area contributed by atoms with E-state index in [-0.39, 0.29) is 22.9 Å². The van der Waals surface area contributed by atoms with Crippen LogP contribution in [0, 0.1) is 5.92 Å². The summed E-state index contributed by atoms with van der Waals surface area (Å²) in [6, 6.07) is 0. The standard InChI is InChI=1S/C8H16N2O.BrH/c1-7(11)10-6-8-2-4-9-5-3-8;/h8-9H,2-6H2,1H3,(H,10,11);1H. The monoisotopic (exact) mass is 236 g/mol. The first-order chi connectivity index (χ1) is 5.29. The number of rotatable bonds is 2. The Morgan fingerprint density at radius 3 is 2.58 bits per heavy atom. The average molecular weight is 237 g/mol. The van der Waals surface area contributed by atoms with Crippen LogP contribution in [0.3, 0.4) is 0 Å². The molecule has 72 valence electrons. The highest BCUT2D eigenvalue weighted by atomic mass is 79.9. The van der Waals surface area contributed by atoms with Crippen LogP contribution in [0.15, 0.2) is 0 Å². The van der Waals surface area contributed by atoms with Gasteiger partial charge in [-0.2, -0.15) is 0 Å². The maximum Gasteiger partial charge on any atom is 0.216 e. The van der Waals surface area contributed by atoms with E-state index < -0.39 is 0 Å². The third-order valence-corrected chi connectivity index (χ3v) is 2.10. The van der Waals surface area contributed by atoms with E-state index in [1.165, 1.54) is 12.8 Å². The van der Waals surface area contributed by atoms with E-state index in [1.807, 2.05) is 0 Å². The van der Waals surface area contributed by atoms with Crippen molar-refractivity contribution in [3.8, 4) is 0 Å². The Morgan fingerprint density at radius 2 is 2.08 bits per heavy atom. The molecule has 0 saturated carbocycles. The number of hydrogen-bond acceptors (Lipinski definition) is 2. The number of carbonyl (C=O) groups excluding carboxylic acids is 1. The number of halogens is 1. The molecular formula is C8H17BrN2O. The summed E-state index contributed by atoms with van der Waals surface area (Å²) in [6.07, 6.45) is 2.39. The van der Waals surface area contributed by atoms with Crippen LogP contribution in [0.1, 0.15) is 19.8 Å². The van der Waals surface area contributed by atoms with Gasteiger partial charge < -0.3 is 10.6 Å². The van der Waals surface area contributed by atoms with Gasteiger partial charge in [-0.3, -0.25) is 4.79 Å². The van der Waals surface area contributed by atoms with Crippen LogP contribution >= 0.6 is 17.0 Å². The van der Waals surface area contributed by atoms with E-state index in [0.29, 0.717) is 5.92 Å². The van der Waals surface area contributed by atoms with Gasteiger partial charge in [-0.05, 0) is 31.8 Å². The van der Waals surface area contributed by atoms with E-state index in [0.717, 1.165) is 19.6 Å². The zero-order valence-corrected chi connectivity index (χ0v) is 9.14. The largest absolute Gasteiger partial charge is 0.356 e. The third-order valence-electron chi connectivity index (χ3n) is 2.10. The second-order valence-electron chi connectivity index (χ2n) is 3.13. The Kier molecular flexibility index (Phi) is 6.38. The predicted octanol–water partition coefficient (Wildman–Crippen LogP) is 0.700. The van der Waals surface area contributed by atoms with Crippen molar-refractivity contribution in [1.29, 1.82) is 0 Å². The lowest BCUT2D eigenvalue weighted by molar-refractivity contribution is -0.119. The molecule has 0 spiro atoms. The highest BCUT2D eigenvalue weighted by Crippen LogP contribution is 2.09. The maximum atomic E-state index is 10.6. The second-order valence-corrected chi connectivity index (χ2v) is 3.13. The number of carbonyl (C=O) groups is 1. The molecule has 0 aromatic carbocycles. The molecule has 1 saturated heterocycles. The van der Waals surface area contributed by atoms with Crippen LogP contribution in [-0.4, -0.2) is 25.5 Å². The molecule has 0 atom stereocenters. The lowest BCUT2D eigenvalue weighted by atomic mass is 9.98. The minimum Gasteiger partial charge on any atom is -0.356 e. The Bertz CT molecular complexity index is 135. The molecule has 0 aliphatic carbocycles. The van der Waals surface area contributed by atoms with E-state index in [9.17, 15) is 4.79 Å². The SMILES string of the molecule is Br.CC(=O)NCC1CCNCC1. The summed E-state index contributed by atoms with van der Waals surface area (Å²) in [6.45, 7) is 4.63. The fourth-order valence-corrected chi connectivity index (χ4v) is 1.37. The van der Waals surface area contributed by atoms with Crippen molar-refractivity contribution >= 4 is 22.9 Å². The second kappa shape index (κ2) is 6.43. The first kappa shape index (κ1) is 11.9. The molecule has 0 aromatic heterocycles. The molecule has 0 unspecified atom stereocenters. The molecule has 1 amide bonds. The molecule has 4 heteroatoms. The molecule has 0 bridgehead atoms. The Balaban J connectivity index is 0.00000121. The lowest BCUT2D eigenvalue weighted by Crippen LogP contribution is -2.35. The number of nitrogens with one attached hydrogen (secondary N) is 2. The van der Waals surface area contributed by atoms with Crippen LogP contribution in [0.4, 0.5) is 0 Å². The summed E-state index contributed by atoms with van der Waals surface area (Å²) in [4.78, 5) is 10.6. The summed E-state index contributed by atoms with van der Waals surface area (Å²) in [5, 5.41) is 6.14. The zero-order chi connectivity index (χ0) is 8.10. The van der Waals surface area contributed by atoms with E-state index >= 15 is 0 Å². The van der Waals surface area contributed by atoms with E-state index in [1.54, 1.807) is 6.92 Å². The van der Waals surface area contributed by atoms with Gasteiger partial charge in [0.1, 0.15) is 0 Å². The summed E-state index contributed by atoms with van der Waals surface area (Å²) < 4.78 is 0. The first-order valence-corrected chi connectivity index (χ1v) is 4.24. The van der Waals surface area contributed by atoms with Crippen LogP contribution in [-0.2, 0) is 4.79 Å². The van der Waals surface area contributed by atoms with Crippen molar-refractivity contribution in [2.75, 3.05) is 19.6 Å². The molecular weight excluding hydrogens is 220 g/mol. The maximum absolute atomic E-state index is 10.6. The number of hydrogen-bond donors (Lipinski definition) is 2. The molecule has 1 aliphatic heterocycles. The predicted molar refractivity (Wildman–Crippen MR) is 54.6 cm³/mol. The molecule has 1 fully saturated rings. The van der Waals surface area contributed by atoms with Gasteiger partial charge in [0.2, 0.25) is 5.91 Å². The van der Waals surface area contributed by atoms with Gasteiger partial charge >= 0.3 is 0 Å². The van der Waals surface area contributed by atoms with Gasteiger partial charge in [0, 0.05) is 13.5 Å². The Morgan fingerprint density at radius 1 is 1.50 bits per heavy atom. The number of amides is 1. The van der Waals surface area contributed by atoms with Gasteiger partial charge in [-0.1, -0.05) is 0 Å². The highest BCUT2D eigenvalue weighted by molar-refractivity contribution is 8.93. The normalized spacial score (nSPS) is 18.1. The minimum absolute atomic E-state index is 0. The summed E-state index contributed by atoms with van der Waals surface area (Å²) in [5.41, 5.74) is 0. The zero-order valence-electron chi connectivity index (χ0n) is 7.43. The fraction of sp³-hybridized carbons (Fsp3) is 0.875. The molecule has 1 heterocycles. The molecule has 1 rings (SSSR count). The van der Waals surface area contributed by atoms with Crippen LogP contribution in [0.5, 0.6) is 0 Å². The molecule has 2 N–H and O–H groups in total. The quantitative estimate of drug-likeness (QED) is 0.742. The van der Waals surface area contributed by atoms with Crippen LogP contribution in [0.25, 0.3) is 0 Å². The van der Waals surface area contributed by atoms with Crippen LogP contribution in [0.2, 0.25) is 0 Å². The Labute approximate surface area is 84.1 Å². The molecule has 0 radical (unpaired) electrons. The van der Waals surface area contributed by atoms with Crippen molar-refractivity contribution < 1.29 is 4.79 Å². The highest BCUT2D eigenvalue weighted by Gasteiger charge is 2.12. The fourth-order valence-electron chi connectivity index (χ4n) is 1.37. The van der Waals surface area contributed by atoms with Crippen LogP contribution < -0.4 is 10.6 Å². The van der Waals surface area contributed by atoms with Crippen molar-refractivity contribution in [3.63, 3.8) is 0 Å². The van der Waals surface area contributed by atoms with Crippen molar-refractivity contribution in [3.05, 3.63) is 0 Å². The molecule has 3 nitrogen and oxygen atoms in total. The Hall–Kier alpha value is -0.0900. The average Bonchev–Trinajstić information content (AvgIpc) is 2.03.